The highest BCUT2D eigenvalue weighted by Gasteiger charge is 1.92. The molecule has 0 aliphatic rings. The highest BCUT2D eigenvalue weighted by atomic mass is 35.5. The Bertz CT molecular complexity index is 144. The molecule has 0 aromatic carbocycles. The van der Waals surface area contributed by atoms with E-state index in [1.54, 1.807) is 6.07 Å². The molecule has 37 valence electrons. The average molecular weight is 134 g/mol. The van der Waals surface area contributed by atoms with Crippen molar-refractivity contribution in [2.45, 2.75) is 0 Å². The van der Waals surface area contributed by atoms with E-state index in [-0.39, 0.29) is 5.06 Å². The van der Waals surface area contributed by atoms with Gasteiger partial charge in [0.25, 0.3) is 0 Å². The maximum atomic E-state index is 10.2. The minimum atomic E-state index is 0.0185. The largest absolute Gasteiger partial charge is 0.278 e. The van der Waals surface area contributed by atoms with Gasteiger partial charge in [-0.2, -0.15) is 0 Å². The van der Waals surface area contributed by atoms with E-state index < -0.39 is 0 Å². The van der Waals surface area contributed by atoms with Crippen molar-refractivity contribution in [3.8, 4) is 5.06 Å². The number of hydrogen-bond donors (Lipinski definition) is 0. The van der Waals surface area contributed by atoms with Gasteiger partial charge in [-0.25, -0.2) is 0 Å². The molecule has 0 unspecified atom stereocenters. The predicted octanol–water partition coefficient (Wildman–Crippen LogP) is 2.55. The van der Waals surface area contributed by atoms with Crippen LogP contribution in [0.4, 0.5) is 0 Å². The molecule has 1 rings (SSSR count). The molecule has 0 bridgehead atoms. The van der Waals surface area contributed by atoms with Crippen molar-refractivity contribution in [1.82, 2.24) is 0 Å². The lowest BCUT2D eigenvalue weighted by Crippen LogP contribution is -1.31. The van der Waals surface area contributed by atoms with Gasteiger partial charge >= 0.3 is 0 Å². The van der Waals surface area contributed by atoms with Crippen LogP contribution in [-0.2, 0) is 5.11 Å². The highest BCUT2D eigenvalue weighted by Crippen LogP contribution is 2.26. The van der Waals surface area contributed by atoms with Crippen molar-refractivity contribution in [3.05, 3.63) is 16.5 Å². The first-order valence-electron chi connectivity index (χ1n) is 1.71. The van der Waals surface area contributed by atoms with E-state index in [1.165, 1.54) is 6.07 Å². The predicted molar refractivity (Wildman–Crippen MR) is 29.5 cm³/mol. The van der Waals surface area contributed by atoms with Crippen molar-refractivity contribution in [3.63, 3.8) is 0 Å². The molecule has 0 atom stereocenters. The van der Waals surface area contributed by atoms with E-state index in [2.05, 4.69) is 0 Å². The summed E-state index contributed by atoms with van der Waals surface area (Å²) in [7, 11) is 0. The first kappa shape index (κ1) is 4.94. The van der Waals surface area contributed by atoms with Gasteiger partial charge in [-0.15, -0.1) is 0 Å². The van der Waals surface area contributed by atoms with Crippen molar-refractivity contribution in [2.75, 3.05) is 0 Å². The average Bonchev–Trinajstić information content (AvgIpc) is 1.87. The molecule has 1 aromatic heterocycles. The second kappa shape index (κ2) is 1.72. The van der Waals surface area contributed by atoms with Crippen LogP contribution in [0, 0.1) is 0 Å². The molecule has 0 spiro atoms. The van der Waals surface area contributed by atoms with E-state index in [0.29, 0.717) is 4.34 Å². The van der Waals surface area contributed by atoms with Gasteiger partial charge in [-0.05, 0) is 12.1 Å². The summed E-state index contributed by atoms with van der Waals surface area (Å²) >= 11 is 6.43. The summed E-state index contributed by atoms with van der Waals surface area (Å²) < 4.78 is 0.560. The van der Waals surface area contributed by atoms with Crippen LogP contribution >= 0.6 is 22.9 Å². The van der Waals surface area contributed by atoms with Gasteiger partial charge in [0.05, 0.1) is 4.34 Å². The first-order chi connectivity index (χ1) is 3.29. The molecule has 0 amide bonds. The summed E-state index contributed by atoms with van der Waals surface area (Å²) in [6.07, 6.45) is 0. The van der Waals surface area contributed by atoms with Crippen LogP contribution in [0.3, 0.4) is 0 Å². The molecular formula is C4H2ClOS. The third-order valence-electron chi connectivity index (χ3n) is 0.549. The van der Waals surface area contributed by atoms with Crippen molar-refractivity contribution in [2.24, 2.45) is 0 Å². The van der Waals surface area contributed by atoms with E-state index in [1.807, 2.05) is 0 Å². The minimum Gasteiger partial charge on any atom is -0.278 e. The Morgan fingerprint density at radius 1 is 1.57 bits per heavy atom. The van der Waals surface area contributed by atoms with Gasteiger partial charge in [0.2, 0.25) is 5.06 Å². The zero-order valence-corrected chi connectivity index (χ0v) is 4.92. The Hall–Kier alpha value is -0.210. The smallest absolute Gasteiger partial charge is 0.233 e. The summed E-state index contributed by atoms with van der Waals surface area (Å²) in [6.45, 7) is 0. The molecule has 3 heteroatoms. The molecule has 0 aliphatic heterocycles. The lowest BCUT2D eigenvalue weighted by Gasteiger charge is -1.64. The van der Waals surface area contributed by atoms with Crippen molar-refractivity contribution < 1.29 is 5.11 Å². The minimum absolute atomic E-state index is 0.0185. The molecule has 0 saturated heterocycles. The lowest BCUT2D eigenvalue weighted by molar-refractivity contribution is 0.368. The topological polar surface area (TPSA) is 19.9 Å². The summed E-state index contributed by atoms with van der Waals surface area (Å²) in [5, 5.41) is 10.2. The molecule has 0 saturated carbocycles. The third-order valence-corrected chi connectivity index (χ3v) is 1.57. The Balaban J connectivity index is 3.04. The van der Waals surface area contributed by atoms with Gasteiger partial charge in [-0.3, -0.25) is 5.11 Å². The number of rotatable bonds is 0. The zero-order valence-electron chi connectivity index (χ0n) is 3.35. The summed E-state index contributed by atoms with van der Waals surface area (Å²) in [5.74, 6) is 0. The molecule has 0 aliphatic carbocycles. The molecule has 0 N–H and O–H groups in total. The molecule has 7 heavy (non-hydrogen) atoms. The van der Waals surface area contributed by atoms with E-state index in [9.17, 15) is 5.11 Å². The maximum Gasteiger partial charge on any atom is 0.233 e. The van der Waals surface area contributed by atoms with Crippen molar-refractivity contribution >= 4 is 22.9 Å². The second-order valence-electron chi connectivity index (χ2n) is 1.06. The van der Waals surface area contributed by atoms with Gasteiger partial charge in [0.15, 0.2) is 0 Å². The van der Waals surface area contributed by atoms with Crippen LogP contribution in [0.1, 0.15) is 0 Å². The number of halogens is 1. The molecule has 1 radical (unpaired) electrons. The maximum absolute atomic E-state index is 10.2. The fourth-order valence-corrected chi connectivity index (χ4v) is 1.05. The van der Waals surface area contributed by atoms with Crippen LogP contribution in [-0.4, -0.2) is 0 Å². The second-order valence-corrected chi connectivity index (χ2v) is 2.74. The zero-order chi connectivity index (χ0) is 5.28. The SMILES string of the molecule is [O]c1ccc(Cl)s1. The van der Waals surface area contributed by atoms with E-state index in [0.717, 1.165) is 11.3 Å². The van der Waals surface area contributed by atoms with Crippen LogP contribution < -0.4 is 0 Å². The molecule has 1 nitrogen and oxygen atoms in total. The van der Waals surface area contributed by atoms with Crippen LogP contribution in [0.2, 0.25) is 4.34 Å². The van der Waals surface area contributed by atoms with E-state index >= 15 is 0 Å². The lowest BCUT2D eigenvalue weighted by atomic mass is 10.7. The van der Waals surface area contributed by atoms with E-state index in [4.69, 9.17) is 11.6 Å². The normalized spacial score (nSPS) is 9.29. The van der Waals surface area contributed by atoms with Gasteiger partial charge in [-0.1, -0.05) is 22.9 Å². The quantitative estimate of drug-likeness (QED) is 0.519. The summed E-state index contributed by atoms with van der Waals surface area (Å²) in [4.78, 5) is 0. The first-order valence-corrected chi connectivity index (χ1v) is 2.91. The fraction of sp³-hybridized carbons (Fsp3) is 0. The Labute approximate surface area is 50.2 Å². The summed E-state index contributed by atoms with van der Waals surface area (Å²) in [5.41, 5.74) is 0. The van der Waals surface area contributed by atoms with Crippen LogP contribution in [0.15, 0.2) is 12.1 Å². The standard InChI is InChI=1S/C4H2ClOS/c5-3-1-2-4(6)7-3/h1-2H. The highest BCUT2D eigenvalue weighted by molar-refractivity contribution is 7.17. The molecule has 1 aromatic rings. The Morgan fingerprint density at radius 3 is 2.43 bits per heavy atom. The molecular weight excluding hydrogens is 132 g/mol. The monoisotopic (exact) mass is 133 g/mol. The fourth-order valence-electron chi connectivity index (χ4n) is 0.298. The summed E-state index contributed by atoms with van der Waals surface area (Å²) in [6, 6.07) is 3.04. The van der Waals surface area contributed by atoms with Crippen LogP contribution in [0.5, 0.6) is 5.06 Å². The van der Waals surface area contributed by atoms with Crippen molar-refractivity contribution in [1.29, 1.82) is 0 Å². The van der Waals surface area contributed by atoms with Gasteiger partial charge < -0.3 is 0 Å². The van der Waals surface area contributed by atoms with Gasteiger partial charge in [0.1, 0.15) is 0 Å². The van der Waals surface area contributed by atoms with Crippen LogP contribution in [0.25, 0.3) is 0 Å². The van der Waals surface area contributed by atoms with Gasteiger partial charge in [0, 0.05) is 0 Å². The molecule has 1 heterocycles. The molecule has 0 fully saturated rings. The Morgan fingerprint density at radius 2 is 2.29 bits per heavy atom. The third kappa shape index (κ3) is 1.08. The number of hydrogen-bond acceptors (Lipinski definition) is 1. The Kier molecular flexibility index (Phi) is 1.21. The number of thiophene rings is 1.